The van der Waals surface area contributed by atoms with Crippen molar-refractivity contribution in [2.75, 3.05) is 0 Å². The molecule has 0 aliphatic heterocycles. The van der Waals surface area contributed by atoms with E-state index < -0.39 is 11.7 Å². The van der Waals surface area contributed by atoms with Gasteiger partial charge in [-0.25, -0.2) is 9.67 Å². The molecule has 0 amide bonds. The van der Waals surface area contributed by atoms with Crippen LogP contribution in [-0.4, -0.2) is 14.8 Å². The summed E-state index contributed by atoms with van der Waals surface area (Å²) in [6.07, 6.45) is -3.10. The second kappa shape index (κ2) is 4.32. The molecule has 2 rings (SSSR count). The molecule has 0 spiro atoms. The highest BCUT2D eigenvalue weighted by Gasteiger charge is 2.30. The molecule has 2 aromatic rings. The molecule has 0 atom stereocenters. The number of H-pyrrole nitrogens is 1. The van der Waals surface area contributed by atoms with E-state index in [4.69, 9.17) is 0 Å². The van der Waals surface area contributed by atoms with Gasteiger partial charge in [-0.2, -0.15) is 13.2 Å². The lowest BCUT2D eigenvalue weighted by molar-refractivity contribution is -0.137. The topological polar surface area (TPSA) is 50.7 Å². The molecular formula is C11H10F3N3O. The standard InChI is InChI=1S/C11H10F3N3O/c1-2-8-5-10(18)17(16-8)9-4-3-7(6-15-9)11(12,13)14/h3-6,16H,2H2,1H3. The summed E-state index contributed by atoms with van der Waals surface area (Å²) in [6.45, 7) is 1.86. The van der Waals surface area contributed by atoms with Crippen molar-refractivity contribution in [2.45, 2.75) is 19.5 Å². The molecule has 7 heteroatoms. The van der Waals surface area contributed by atoms with Crippen LogP contribution < -0.4 is 5.56 Å². The number of halogens is 3. The Kier molecular flexibility index (Phi) is 2.98. The Hall–Kier alpha value is -2.05. The van der Waals surface area contributed by atoms with E-state index >= 15 is 0 Å². The number of aromatic amines is 1. The van der Waals surface area contributed by atoms with Crippen LogP contribution in [0.4, 0.5) is 13.2 Å². The monoisotopic (exact) mass is 257 g/mol. The number of hydrogen-bond donors (Lipinski definition) is 1. The van der Waals surface area contributed by atoms with Crippen molar-refractivity contribution in [2.24, 2.45) is 0 Å². The first-order valence-corrected chi connectivity index (χ1v) is 5.26. The Morgan fingerprint density at radius 1 is 1.39 bits per heavy atom. The average molecular weight is 257 g/mol. The number of nitrogens with one attached hydrogen (secondary N) is 1. The van der Waals surface area contributed by atoms with Crippen LogP contribution in [0.15, 0.2) is 29.2 Å². The minimum Gasteiger partial charge on any atom is -0.294 e. The fourth-order valence-electron chi connectivity index (χ4n) is 1.48. The molecule has 0 saturated carbocycles. The van der Waals surface area contributed by atoms with Gasteiger partial charge in [0.1, 0.15) is 0 Å². The van der Waals surface area contributed by atoms with Gasteiger partial charge in [-0.1, -0.05) is 6.92 Å². The van der Waals surface area contributed by atoms with Gasteiger partial charge in [0.15, 0.2) is 5.82 Å². The predicted octanol–water partition coefficient (Wildman–Crippen LogP) is 2.14. The summed E-state index contributed by atoms with van der Waals surface area (Å²) < 4.78 is 38.1. The minimum absolute atomic E-state index is 0.132. The lowest BCUT2D eigenvalue weighted by Gasteiger charge is -2.06. The van der Waals surface area contributed by atoms with Gasteiger partial charge in [0.2, 0.25) is 0 Å². The summed E-state index contributed by atoms with van der Waals surface area (Å²) >= 11 is 0. The molecular weight excluding hydrogens is 247 g/mol. The fraction of sp³-hybridized carbons (Fsp3) is 0.273. The van der Waals surface area contributed by atoms with Gasteiger partial charge in [0, 0.05) is 18.0 Å². The van der Waals surface area contributed by atoms with E-state index in [-0.39, 0.29) is 11.4 Å². The van der Waals surface area contributed by atoms with Crippen LogP contribution in [0.2, 0.25) is 0 Å². The first-order chi connectivity index (χ1) is 8.41. The average Bonchev–Trinajstić information content (AvgIpc) is 2.70. The largest absolute Gasteiger partial charge is 0.417 e. The van der Waals surface area contributed by atoms with Crippen LogP contribution >= 0.6 is 0 Å². The number of rotatable bonds is 2. The highest BCUT2D eigenvalue weighted by molar-refractivity contribution is 5.26. The molecule has 0 aliphatic carbocycles. The maximum Gasteiger partial charge on any atom is 0.417 e. The van der Waals surface area contributed by atoms with E-state index in [0.717, 1.165) is 16.8 Å². The Labute approximate surface area is 100 Å². The van der Waals surface area contributed by atoms with Crippen LogP contribution in [0.1, 0.15) is 18.2 Å². The molecule has 0 saturated heterocycles. The number of hydrogen-bond acceptors (Lipinski definition) is 2. The van der Waals surface area contributed by atoms with Crippen molar-refractivity contribution in [1.29, 1.82) is 0 Å². The van der Waals surface area contributed by atoms with Crippen LogP contribution in [0.5, 0.6) is 0 Å². The van der Waals surface area contributed by atoms with Crippen molar-refractivity contribution < 1.29 is 13.2 Å². The molecule has 18 heavy (non-hydrogen) atoms. The van der Waals surface area contributed by atoms with Gasteiger partial charge in [-0.05, 0) is 18.6 Å². The maximum absolute atomic E-state index is 12.3. The molecule has 2 aromatic heterocycles. The van der Waals surface area contributed by atoms with E-state index in [1.807, 2.05) is 6.92 Å². The predicted molar refractivity (Wildman–Crippen MR) is 58.6 cm³/mol. The number of aromatic nitrogens is 3. The third-order valence-electron chi connectivity index (χ3n) is 2.46. The molecule has 2 heterocycles. The molecule has 1 N–H and O–H groups in total. The van der Waals surface area contributed by atoms with Gasteiger partial charge in [-0.3, -0.25) is 9.89 Å². The smallest absolute Gasteiger partial charge is 0.294 e. The number of aryl methyl sites for hydroxylation is 1. The van der Waals surface area contributed by atoms with Crippen molar-refractivity contribution in [1.82, 2.24) is 14.8 Å². The zero-order valence-electron chi connectivity index (χ0n) is 9.45. The highest BCUT2D eigenvalue weighted by atomic mass is 19.4. The van der Waals surface area contributed by atoms with Gasteiger partial charge in [0.25, 0.3) is 5.56 Å². The molecule has 0 radical (unpaired) electrons. The first-order valence-electron chi connectivity index (χ1n) is 5.26. The van der Waals surface area contributed by atoms with Crippen molar-refractivity contribution in [3.63, 3.8) is 0 Å². The van der Waals surface area contributed by atoms with E-state index in [9.17, 15) is 18.0 Å². The molecule has 0 aromatic carbocycles. The highest BCUT2D eigenvalue weighted by Crippen LogP contribution is 2.28. The summed E-state index contributed by atoms with van der Waals surface area (Å²) in [6, 6.07) is 3.43. The second-order valence-corrected chi connectivity index (χ2v) is 3.71. The summed E-state index contributed by atoms with van der Waals surface area (Å²) in [5.41, 5.74) is -0.498. The Morgan fingerprint density at radius 2 is 2.11 bits per heavy atom. The van der Waals surface area contributed by atoms with Crippen LogP contribution in [0.25, 0.3) is 5.82 Å². The minimum atomic E-state index is -4.43. The molecule has 0 aliphatic rings. The maximum atomic E-state index is 12.3. The van der Waals surface area contributed by atoms with E-state index in [2.05, 4.69) is 10.1 Å². The molecule has 4 nitrogen and oxygen atoms in total. The van der Waals surface area contributed by atoms with Crippen molar-refractivity contribution in [3.8, 4) is 5.82 Å². The number of pyridine rings is 1. The van der Waals surface area contributed by atoms with Gasteiger partial charge in [0.05, 0.1) is 5.56 Å². The Balaban J connectivity index is 2.40. The number of nitrogens with zero attached hydrogens (tertiary/aromatic N) is 2. The lowest BCUT2D eigenvalue weighted by atomic mass is 10.3. The molecule has 96 valence electrons. The summed E-state index contributed by atoms with van der Waals surface area (Å²) in [5, 5.41) is 2.77. The quantitative estimate of drug-likeness (QED) is 0.896. The zero-order valence-corrected chi connectivity index (χ0v) is 9.45. The van der Waals surface area contributed by atoms with E-state index in [1.165, 1.54) is 6.07 Å². The summed E-state index contributed by atoms with van der Waals surface area (Å²) in [5.74, 6) is 0.132. The third kappa shape index (κ3) is 2.29. The van der Waals surface area contributed by atoms with Gasteiger partial charge in [-0.15, -0.1) is 0 Å². The Bertz CT molecular complexity index is 595. The van der Waals surface area contributed by atoms with Gasteiger partial charge < -0.3 is 0 Å². The van der Waals surface area contributed by atoms with Gasteiger partial charge >= 0.3 is 6.18 Å². The van der Waals surface area contributed by atoms with Crippen molar-refractivity contribution in [3.05, 3.63) is 46.0 Å². The summed E-state index contributed by atoms with van der Waals surface area (Å²) in [4.78, 5) is 15.2. The molecule has 0 fully saturated rings. The Morgan fingerprint density at radius 3 is 2.56 bits per heavy atom. The zero-order chi connectivity index (χ0) is 13.3. The first kappa shape index (κ1) is 12.4. The SMILES string of the molecule is CCc1cc(=O)n(-c2ccc(C(F)(F)F)cn2)[nH]1. The van der Waals surface area contributed by atoms with Crippen molar-refractivity contribution >= 4 is 0 Å². The summed E-state index contributed by atoms with van der Waals surface area (Å²) in [7, 11) is 0. The normalized spacial score (nSPS) is 11.8. The lowest BCUT2D eigenvalue weighted by Crippen LogP contribution is -2.15. The molecule has 0 unspecified atom stereocenters. The number of alkyl halides is 3. The molecule has 0 bridgehead atoms. The fourth-order valence-corrected chi connectivity index (χ4v) is 1.48. The van der Waals surface area contributed by atoms with Crippen LogP contribution in [0, 0.1) is 0 Å². The van der Waals surface area contributed by atoms with E-state index in [1.54, 1.807) is 0 Å². The third-order valence-corrected chi connectivity index (χ3v) is 2.46. The van der Waals surface area contributed by atoms with Crippen LogP contribution in [0.3, 0.4) is 0 Å². The van der Waals surface area contributed by atoms with Crippen LogP contribution in [-0.2, 0) is 12.6 Å². The van der Waals surface area contributed by atoms with E-state index in [0.29, 0.717) is 18.3 Å². The second-order valence-electron chi connectivity index (χ2n) is 3.71.